The zero-order chi connectivity index (χ0) is 55.7. The van der Waals surface area contributed by atoms with Crippen LogP contribution in [0.5, 0.6) is 0 Å². The molecule has 0 amide bonds. The molecule has 0 heterocycles. The Morgan fingerprint density at radius 3 is 0.818 bits per heavy atom. The lowest BCUT2D eigenvalue weighted by Gasteiger charge is -2.18. The van der Waals surface area contributed by atoms with E-state index in [0.717, 1.165) is 109 Å². The fraction of sp³-hybridized carbons (Fsp3) is 0.761. The number of hydrogen-bond donors (Lipinski definition) is 0. The van der Waals surface area contributed by atoms with Crippen molar-refractivity contribution in [2.75, 3.05) is 13.2 Å². The first-order valence-corrected chi connectivity index (χ1v) is 33.1. The first-order chi connectivity index (χ1) is 38.0. The van der Waals surface area contributed by atoms with E-state index in [1.54, 1.807) is 0 Å². The van der Waals surface area contributed by atoms with Gasteiger partial charge < -0.3 is 14.2 Å². The molecule has 0 saturated carbocycles. The first kappa shape index (κ1) is 73.6. The summed E-state index contributed by atoms with van der Waals surface area (Å²) in [4.78, 5) is 38.3. The average Bonchev–Trinajstić information content (AvgIpc) is 3.43. The quantitative estimate of drug-likeness (QED) is 0.0261. The molecule has 0 aromatic rings. The van der Waals surface area contributed by atoms with Gasteiger partial charge in [0.05, 0.1) is 0 Å². The minimum absolute atomic E-state index is 0.0882. The largest absolute Gasteiger partial charge is 0.462 e. The maximum Gasteiger partial charge on any atom is 0.306 e. The van der Waals surface area contributed by atoms with Crippen LogP contribution in [-0.4, -0.2) is 37.2 Å². The molecule has 0 fully saturated rings. The number of ether oxygens (including phenoxy) is 3. The molecule has 0 aliphatic carbocycles. The number of carbonyl (C=O) groups is 3. The number of carbonyl (C=O) groups excluding carboxylic acids is 3. The summed E-state index contributed by atoms with van der Waals surface area (Å²) in [5.41, 5.74) is 0. The molecule has 0 spiro atoms. The lowest BCUT2D eigenvalue weighted by Crippen LogP contribution is -2.30. The number of rotatable bonds is 60. The molecule has 77 heavy (non-hydrogen) atoms. The van der Waals surface area contributed by atoms with Gasteiger partial charge in [0, 0.05) is 19.3 Å². The second kappa shape index (κ2) is 65.1. The molecule has 0 N–H and O–H groups in total. The van der Waals surface area contributed by atoms with Crippen LogP contribution >= 0.6 is 0 Å². The second-order valence-corrected chi connectivity index (χ2v) is 22.0. The number of hydrogen-bond acceptors (Lipinski definition) is 6. The Labute approximate surface area is 477 Å². The lowest BCUT2D eigenvalue weighted by molar-refractivity contribution is -0.167. The molecule has 0 aromatic heterocycles. The molecular weight excluding hydrogens is 949 g/mol. The number of esters is 3. The van der Waals surface area contributed by atoms with Crippen molar-refractivity contribution in [3.8, 4) is 0 Å². The fourth-order valence-corrected chi connectivity index (χ4v) is 9.47. The molecule has 0 saturated heterocycles. The van der Waals surface area contributed by atoms with Gasteiger partial charge in [-0.3, -0.25) is 14.4 Å². The summed E-state index contributed by atoms with van der Waals surface area (Å²) in [5, 5.41) is 0. The smallest absolute Gasteiger partial charge is 0.306 e. The Bertz CT molecular complexity index is 1470. The van der Waals surface area contributed by atoms with E-state index in [0.29, 0.717) is 19.3 Å². The SMILES string of the molecule is CC/C=C\C/C=C\C/C=C\CCCCCCCCCC(=O)OC(COC(=O)CCCCC/C=C\C/C=C\C/C=C\CC)COC(=O)CCCCCCCCCCCCCCCCCCC/C=C\CCCCCCCCCC. The molecule has 0 aliphatic rings. The predicted molar refractivity (Wildman–Crippen MR) is 334 cm³/mol. The van der Waals surface area contributed by atoms with Gasteiger partial charge in [-0.15, -0.1) is 0 Å². The monoisotopic (exact) mass is 1070 g/mol. The van der Waals surface area contributed by atoms with Crippen molar-refractivity contribution in [3.05, 3.63) is 85.1 Å². The third-order valence-electron chi connectivity index (χ3n) is 14.4. The molecule has 0 rings (SSSR count). The van der Waals surface area contributed by atoms with Gasteiger partial charge in [-0.2, -0.15) is 0 Å². The summed E-state index contributed by atoms with van der Waals surface area (Å²) in [6, 6.07) is 0. The second-order valence-electron chi connectivity index (χ2n) is 22.0. The van der Waals surface area contributed by atoms with Crippen LogP contribution < -0.4 is 0 Å². The Morgan fingerprint density at radius 2 is 0.506 bits per heavy atom. The molecular formula is C71H124O6. The van der Waals surface area contributed by atoms with E-state index < -0.39 is 6.10 Å². The van der Waals surface area contributed by atoms with Crippen LogP contribution in [0.1, 0.15) is 329 Å². The standard InChI is InChI=1S/C71H124O6/c1-4-7-10-13-16-19-22-25-27-29-30-31-32-33-34-35-36-37-38-39-40-42-43-46-49-52-55-58-61-64-70(73)76-67-68(66-75-69(72)63-60-57-54-51-48-45-24-21-18-15-12-9-6-3)77-71(74)65-62-59-56-53-50-47-44-41-28-26-23-20-17-14-11-8-5-2/h8-9,11-12,17-18,20-21,26,28-30,45,48,68H,4-7,10,13-16,19,22-25,27,31-44,46-47,49-67H2,1-3H3/b11-8-,12-9-,20-17-,21-18-,28-26-,30-29-,48-45-. The van der Waals surface area contributed by atoms with Crippen LogP contribution in [0.25, 0.3) is 0 Å². The summed E-state index contributed by atoms with van der Waals surface area (Å²) < 4.78 is 16.9. The Morgan fingerprint density at radius 1 is 0.273 bits per heavy atom. The maximum absolute atomic E-state index is 12.9. The van der Waals surface area contributed by atoms with Crippen LogP contribution in [0.15, 0.2) is 85.1 Å². The molecule has 444 valence electrons. The molecule has 1 unspecified atom stereocenters. The van der Waals surface area contributed by atoms with Gasteiger partial charge in [0.25, 0.3) is 0 Å². The van der Waals surface area contributed by atoms with Crippen LogP contribution in [0.4, 0.5) is 0 Å². The van der Waals surface area contributed by atoms with Crippen molar-refractivity contribution >= 4 is 17.9 Å². The van der Waals surface area contributed by atoms with E-state index >= 15 is 0 Å². The van der Waals surface area contributed by atoms with Crippen LogP contribution in [-0.2, 0) is 28.6 Å². The van der Waals surface area contributed by atoms with Crippen molar-refractivity contribution in [2.24, 2.45) is 0 Å². The van der Waals surface area contributed by atoms with Crippen molar-refractivity contribution in [3.63, 3.8) is 0 Å². The van der Waals surface area contributed by atoms with Crippen molar-refractivity contribution in [1.29, 1.82) is 0 Å². The van der Waals surface area contributed by atoms with Gasteiger partial charge >= 0.3 is 17.9 Å². The van der Waals surface area contributed by atoms with Gasteiger partial charge in [-0.05, 0) is 109 Å². The Kier molecular flexibility index (Phi) is 62.2. The van der Waals surface area contributed by atoms with E-state index in [2.05, 4.69) is 106 Å². The minimum Gasteiger partial charge on any atom is -0.462 e. The van der Waals surface area contributed by atoms with Crippen molar-refractivity contribution < 1.29 is 28.6 Å². The van der Waals surface area contributed by atoms with E-state index in [9.17, 15) is 14.4 Å². The maximum atomic E-state index is 12.9. The third kappa shape index (κ3) is 63.3. The summed E-state index contributed by atoms with van der Waals surface area (Å²) in [6.45, 7) is 6.41. The summed E-state index contributed by atoms with van der Waals surface area (Å²) >= 11 is 0. The zero-order valence-corrected chi connectivity index (χ0v) is 51.0. The fourth-order valence-electron chi connectivity index (χ4n) is 9.47. The van der Waals surface area contributed by atoms with Gasteiger partial charge in [0.1, 0.15) is 13.2 Å². The molecule has 0 bridgehead atoms. The van der Waals surface area contributed by atoms with Gasteiger partial charge in [-0.1, -0.05) is 286 Å². The van der Waals surface area contributed by atoms with Crippen molar-refractivity contribution in [2.45, 2.75) is 335 Å². The van der Waals surface area contributed by atoms with E-state index in [1.165, 1.54) is 180 Å². The summed E-state index contributed by atoms with van der Waals surface area (Å²) in [6.07, 6.45) is 86.2. The van der Waals surface area contributed by atoms with E-state index in [1.807, 2.05) is 0 Å². The van der Waals surface area contributed by atoms with Crippen LogP contribution in [0, 0.1) is 0 Å². The third-order valence-corrected chi connectivity index (χ3v) is 14.4. The Hall–Kier alpha value is -3.41. The van der Waals surface area contributed by atoms with Gasteiger partial charge in [0.15, 0.2) is 6.10 Å². The van der Waals surface area contributed by atoms with E-state index in [4.69, 9.17) is 14.2 Å². The molecule has 6 heteroatoms. The predicted octanol–water partition coefficient (Wildman–Crippen LogP) is 22.7. The highest BCUT2D eigenvalue weighted by Gasteiger charge is 2.19. The van der Waals surface area contributed by atoms with Crippen molar-refractivity contribution in [1.82, 2.24) is 0 Å². The molecule has 0 aliphatic heterocycles. The molecule has 0 radical (unpaired) electrons. The summed E-state index contributed by atoms with van der Waals surface area (Å²) in [5.74, 6) is -0.917. The van der Waals surface area contributed by atoms with Gasteiger partial charge in [0.2, 0.25) is 0 Å². The topological polar surface area (TPSA) is 78.9 Å². The Balaban J connectivity index is 4.22. The number of unbranched alkanes of at least 4 members (excludes halogenated alkanes) is 35. The minimum atomic E-state index is -0.794. The lowest BCUT2D eigenvalue weighted by atomic mass is 10.0. The summed E-state index contributed by atoms with van der Waals surface area (Å²) in [7, 11) is 0. The first-order valence-electron chi connectivity index (χ1n) is 33.1. The van der Waals surface area contributed by atoms with Gasteiger partial charge in [-0.25, -0.2) is 0 Å². The average molecular weight is 1070 g/mol. The normalized spacial score (nSPS) is 12.6. The molecule has 6 nitrogen and oxygen atoms in total. The van der Waals surface area contributed by atoms with Crippen LogP contribution in [0.2, 0.25) is 0 Å². The van der Waals surface area contributed by atoms with E-state index in [-0.39, 0.29) is 31.1 Å². The highest BCUT2D eigenvalue weighted by atomic mass is 16.6. The molecule has 0 aromatic carbocycles. The highest BCUT2D eigenvalue weighted by molar-refractivity contribution is 5.71. The zero-order valence-electron chi connectivity index (χ0n) is 51.0. The highest BCUT2D eigenvalue weighted by Crippen LogP contribution is 2.17. The number of allylic oxidation sites excluding steroid dienone is 14. The van der Waals surface area contributed by atoms with Crippen LogP contribution in [0.3, 0.4) is 0 Å². The molecule has 1 atom stereocenters.